The number of ether oxygens (including phenoxy) is 1. The summed E-state index contributed by atoms with van der Waals surface area (Å²) >= 11 is 5.58. The molecule has 0 N–H and O–H groups in total. The lowest BCUT2D eigenvalue weighted by Crippen LogP contribution is -2.09. The van der Waals surface area contributed by atoms with Crippen LogP contribution in [0.25, 0.3) is 0 Å². The molecule has 0 amide bonds. The Morgan fingerprint density at radius 3 is 2.88 bits per heavy atom. The number of hydrogen-bond acceptors (Lipinski definition) is 3. The highest BCUT2D eigenvalue weighted by Gasteiger charge is 2.12. The molecule has 1 rings (SSSR count). The molecule has 0 fully saturated rings. The predicted molar refractivity (Wildman–Crippen MR) is 56.6 cm³/mol. The van der Waals surface area contributed by atoms with Gasteiger partial charge in [0, 0.05) is 0 Å². The number of hydrogen-bond donors (Lipinski definition) is 0. The van der Waals surface area contributed by atoms with E-state index >= 15 is 0 Å². The lowest BCUT2D eigenvalue weighted by molar-refractivity contribution is -0.149. The molecule has 0 saturated heterocycles. The first-order valence-electron chi connectivity index (χ1n) is 4.62. The van der Waals surface area contributed by atoms with Crippen molar-refractivity contribution in [2.24, 2.45) is 0 Å². The highest BCUT2D eigenvalue weighted by molar-refractivity contribution is 6.30. The van der Waals surface area contributed by atoms with Crippen molar-refractivity contribution >= 4 is 23.9 Å². The minimum absolute atomic E-state index is 0.0317. The van der Waals surface area contributed by atoms with Crippen molar-refractivity contribution in [1.29, 1.82) is 0 Å². The van der Waals surface area contributed by atoms with Crippen molar-refractivity contribution in [3.8, 4) is 0 Å². The Morgan fingerprint density at radius 1 is 1.62 bits per heavy atom. The van der Waals surface area contributed by atoms with Gasteiger partial charge in [0.15, 0.2) is 0 Å². The second kappa shape index (κ2) is 5.61. The molecule has 0 heterocycles. The molecule has 0 saturated carbocycles. The highest BCUT2D eigenvalue weighted by atomic mass is 35.5. The Kier molecular flexibility index (Phi) is 4.43. The van der Waals surface area contributed by atoms with Gasteiger partial charge in [-0.1, -0.05) is 17.7 Å². The number of esters is 1. The van der Waals surface area contributed by atoms with Crippen LogP contribution in [0.15, 0.2) is 18.2 Å². The highest BCUT2D eigenvalue weighted by Crippen LogP contribution is 2.23. The van der Waals surface area contributed by atoms with E-state index < -0.39 is 17.9 Å². The van der Waals surface area contributed by atoms with Crippen LogP contribution in [0, 0.1) is 5.82 Å². The third-order valence-electron chi connectivity index (χ3n) is 1.97. The monoisotopic (exact) mass is 244 g/mol. The Morgan fingerprint density at radius 2 is 2.31 bits per heavy atom. The number of carbonyl (C=O) groups excluding carboxylic acids is 2. The number of rotatable bonds is 4. The molecule has 0 radical (unpaired) electrons. The molecule has 3 nitrogen and oxygen atoms in total. The van der Waals surface area contributed by atoms with E-state index in [2.05, 4.69) is 0 Å². The zero-order valence-corrected chi connectivity index (χ0v) is 9.33. The third kappa shape index (κ3) is 3.31. The SMILES string of the molecule is CC(OC(=O)CC=O)c1ccc(F)c(Cl)c1. The normalized spacial score (nSPS) is 11.9. The zero-order valence-electron chi connectivity index (χ0n) is 8.57. The van der Waals surface area contributed by atoms with E-state index in [1.807, 2.05) is 0 Å². The van der Waals surface area contributed by atoms with Crippen molar-refractivity contribution in [2.75, 3.05) is 0 Å². The molecule has 5 heteroatoms. The van der Waals surface area contributed by atoms with Gasteiger partial charge in [-0.2, -0.15) is 0 Å². The molecular weight excluding hydrogens is 235 g/mol. The molecule has 1 atom stereocenters. The van der Waals surface area contributed by atoms with E-state index in [0.29, 0.717) is 11.8 Å². The van der Waals surface area contributed by atoms with Crippen LogP contribution in [0.5, 0.6) is 0 Å². The average molecular weight is 245 g/mol. The van der Waals surface area contributed by atoms with E-state index in [4.69, 9.17) is 16.3 Å². The summed E-state index contributed by atoms with van der Waals surface area (Å²) in [6, 6.07) is 4.05. The van der Waals surface area contributed by atoms with Gasteiger partial charge in [0.1, 0.15) is 24.6 Å². The topological polar surface area (TPSA) is 43.4 Å². The first kappa shape index (κ1) is 12.6. The molecule has 0 aliphatic heterocycles. The van der Waals surface area contributed by atoms with Gasteiger partial charge in [0.05, 0.1) is 5.02 Å². The number of aldehydes is 1. The molecule has 16 heavy (non-hydrogen) atoms. The fourth-order valence-corrected chi connectivity index (χ4v) is 1.34. The number of benzene rings is 1. The van der Waals surface area contributed by atoms with Crippen molar-refractivity contribution in [3.05, 3.63) is 34.6 Å². The quantitative estimate of drug-likeness (QED) is 0.465. The van der Waals surface area contributed by atoms with Crippen LogP contribution in [0.4, 0.5) is 4.39 Å². The molecule has 0 spiro atoms. The van der Waals surface area contributed by atoms with Gasteiger partial charge in [-0.05, 0) is 24.6 Å². The van der Waals surface area contributed by atoms with Crippen LogP contribution in [0.2, 0.25) is 5.02 Å². The molecule has 0 bridgehead atoms. The van der Waals surface area contributed by atoms with E-state index in [-0.39, 0.29) is 11.4 Å². The average Bonchev–Trinajstić information content (AvgIpc) is 2.22. The molecule has 86 valence electrons. The molecule has 0 aromatic heterocycles. The Balaban J connectivity index is 2.72. The van der Waals surface area contributed by atoms with E-state index in [1.165, 1.54) is 18.2 Å². The van der Waals surface area contributed by atoms with Gasteiger partial charge in [-0.25, -0.2) is 4.39 Å². The van der Waals surface area contributed by atoms with Crippen LogP contribution in [-0.2, 0) is 14.3 Å². The summed E-state index contributed by atoms with van der Waals surface area (Å²) in [4.78, 5) is 21.1. The maximum Gasteiger partial charge on any atom is 0.313 e. The minimum atomic E-state index is -0.622. The predicted octanol–water partition coefficient (Wildman–Crippen LogP) is 2.67. The van der Waals surface area contributed by atoms with Gasteiger partial charge < -0.3 is 9.53 Å². The van der Waals surface area contributed by atoms with Crippen molar-refractivity contribution < 1.29 is 18.7 Å². The number of halogens is 2. The summed E-state index contributed by atoms with van der Waals surface area (Å²) in [6.07, 6.45) is -0.392. The number of carbonyl (C=O) groups is 2. The minimum Gasteiger partial charge on any atom is -0.457 e. The second-order valence-electron chi connectivity index (χ2n) is 3.18. The standard InChI is InChI=1S/C11H10ClFO3/c1-7(16-11(15)4-5-14)8-2-3-10(13)9(12)6-8/h2-3,5-7H,4H2,1H3. The summed E-state index contributed by atoms with van der Waals surface area (Å²) in [5, 5.41) is -0.0317. The zero-order chi connectivity index (χ0) is 12.1. The van der Waals surface area contributed by atoms with Gasteiger partial charge in [-0.3, -0.25) is 4.79 Å². The van der Waals surface area contributed by atoms with E-state index in [0.717, 1.165) is 0 Å². The lowest BCUT2D eigenvalue weighted by Gasteiger charge is -2.13. The van der Waals surface area contributed by atoms with Gasteiger partial charge >= 0.3 is 5.97 Å². The van der Waals surface area contributed by atoms with Gasteiger partial charge in [-0.15, -0.1) is 0 Å². The van der Waals surface area contributed by atoms with E-state index in [1.54, 1.807) is 6.92 Å². The van der Waals surface area contributed by atoms with Gasteiger partial charge in [0.25, 0.3) is 0 Å². The van der Waals surface area contributed by atoms with Crippen molar-refractivity contribution in [3.63, 3.8) is 0 Å². The fraction of sp³-hybridized carbons (Fsp3) is 0.273. The Hall–Kier alpha value is -1.42. The van der Waals surface area contributed by atoms with Crippen LogP contribution in [0.3, 0.4) is 0 Å². The molecule has 0 aliphatic rings. The van der Waals surface area contributed by atoms with Crippen LogP contribution in [-0.4, -0.2) is 12.3 Å². The fourth-order valence-electron chi connectivity index (χ4n) is 1.15. The summed E-state index contributed by atoms with van der Waals surface area (Å²) in [7, 11) is 0. The first-order valence-corrected chi connectivity index (χ1v) is 5.00. The summed E-state index contributed by atoms with van der Waals surface area (Å²) in [5.41, 5.74) is 0.575. The van der Waals surface area contributed by atoms with Crippen LogP contribution >= 0.6 is 11.6 Å². The second-order valence-corrected chi connectivity index (χ2v) is 3.58. The van der Waals surface area contributed by atoms with Crippen LogP contribution in [0.1, 0.15) is 25.0 Å². The first-order chi connectivity index (χ1) is 7.54. The van der Waals surface area contributed by atoms with Crippen LogP contribution < -0.4 is 0 Å². The lowest BCUT2D eigenvalue weighted by atomic mass is 10.1. The van der Waals surface area contributed by atoms with Gasteiger partial charge in [0.2, 0.25) is 0 Å². The summed E-state index contributed by atoms with van der Waals surface area (Å²) < 4.78 is 17.8. The van der Waals surface area contributed by atoms with Crippen molar-refractivity contribution in [2.45, 2.75) is 19.4 Å². The van der Waals surface area contributed by atoms with E-state index in [9.17, 15) is 14.0 Å². The largest absolute Gasteiger partial charge is 0.457 e. The molecule has 1 unspecified atom stereocenters. The molecule has 1 aromatic rings. The third-order valence-corrected chi connectivity index (χ3v) is 2.26. The molecule has 1 aromatic carbocycles. The molecule has 0 aliphatic carbocycles. The maximum atomic E-state index is 12.9. The van der Waals surface area contributed by atoms with Crippen molar-refractivity contribution in [1.82, 2.24) is 0 Å². The Bertz CT molecular complexity index is 406. The summed E-state index contributed by atoms with van der Waals surface area (Å²) in [5.74, 6) is -1.15. The Labute approximate surface area is 97.2 Å². The summed E-state index contributed by atoms with van der Waals surface area (Å²) in [6.45, 7) is 1.62. The maximum absolute atomic E-state index is 12.9. The molecular formula is C11H10ClFO3. The smallest absolute Gasteiger partial charge is 0.313 e.